The van der Waals surface area contributed by atoms with Crippen molar-refractivity contribution in [3.05, 3.63) is 102 Å². The SMILES string of the molecule is CS(=O)(=O)c1ccc(C(=O)Nc2cccc(-c3nc4ccccc4s3)c2)c(-c2ccc(F)c(F)c2)c1. The van der Waals surface area contributed by atoms with Gasteiger partial charge in [0.25, 0.3) is 5.91 Å². The van der Waals surface area contributed by atoms with Gasteiger partial charge in [0.2, 0.25) is 0 Å². The smallest absolute Gasteiger partial charge is 0.256 e. The van der Waals surface area contributed by atoms with Gasteiger partial charge in [-0.2, -0.15) is 0 Å². The molecule has 1 N–H and O–H groups in total. The van der Waals surface area contributed by atoms with Gasteiger partial charge in [0, 0.05) is 23.1 Å². The van der Waals surface area contributed by atoms with Crippen LogP contribution in [-0.2, 0) is 9.84 Å². The van der Waals surface area contributed by atoms with Gasteiger partial charge < -0.3 is 5.32 Å². The summed E-state index contributed by atoms with van der Waals surface area (Å²) in [6.45, 7) is 0. The molecule has 0 aliphatic heterocycles. The third-order valence-corrected chi connectivity index (χ3v) is 7.75. The van der Waals surface area contributed by atoms with E-state index >= 15 is 0 Å². The number of carbonyl (C=O) groups excluding carboxylic acids is 1. The van der Waals surface area contributed by atoms with Gasteiger partial charge in [0.15, 0.2) is 21.5 Å². The molecule has 0 radical (unpaired) electrons. The Hall–Kier alpha value is -3.95. The second kappa shape index (κ2) is 9.25. The molecule has 0 atom stereocenters. The van der Waals surface area contributed by atoms with Crippen LogP contribution >= 0.6 is 11.3 Å². The van der Waals surface area contributed by atoms with Crippen LogP contribution in [0.5, 0.6) is 0 Å². The largest absolute Gasteiger partial charge is 0.322 e. The number of nitrogens with zero attached hydrogens (tertiary/aromatic N) is 1. The van der Waals surface area contributed by atoms with Crippen LogP contribution < -0.4 is 5.32 Å². The van der Waals surface area contributed by atoms with E-state index in [2.05, 4.69) is 10.3 Å². The summed E-state index contributed by atoms with van der Waals surface area (Å²) in [6, 6.07) is 22.1. The summed E-state index contributed by atoms with van der Waals surface area (Å²) in [5.41, 5.74) is 2.65. The molecule has 5 rings (SSSR count). The summed E-state index contributed by atoms with van der Waals surface area (Å²) in [5.74, 6) is -2.68. The van der Waals surface area contributed by atoms with Crippen LogP contribution in [0.15, 0.2) is 89.8 Å². The summed E-state index contributed by atoms with van der Waals surface area (Å²) in [7, 11) is -3.61. The number of fused-ring (bicyclic) bond motifs is 1. The summed E-state index contributed by atoms with van der Waals surface area (Å²) >= 11 is 1.53. The standard InChI is InChI=1S/C27H18F2N2O3S2/c1-36(33,34)19-10-11-20(21(15-19)16-9-12-22(28)23(29)14-16)26(32)30-18-6-4-5-17(13-18)27-31-24-7-2-3-8-25(24)35-27/h2-15H,1H3,(H,30,32). The molecule has 36 heavy (non-hydrogen) atoms. The number of anilines is 1. The first kappa shape index (κ1) is 23.8. The minimum atomic E-state index is -3.61. The van der Waals surface area contributed by atoms with E-state index in [1.54, 1.807) is 18.2 Å². The molecule has 0 aliphatic rings. The number of nitrogens with one attached hydrogen (secondary N) is 1. The number of thiazole rings is 1. The van der Waals surface area contributed by atoms with Crippen LogP contribution in [0, 0.1) is 11.6 Å². The van der Waals surface area contributed by atoms with Gasteiger partial charge in [-0.3, -0.25) is 4.79 Å². The zero-order chi connectivity index (χ0) is 25.4. The fourth-order valence-electron chi connectivity index (χ4n) is 3.78. The molecule has 1 aromatic heterocycles. The average Bonchev–Trinajstić information content (AvgIpc) is 3.29. The van der Waals surface area contributed by atoms with Crippen molar-refractivity contribution >= 4 is 43.0 Å². The molecule has 1 heterocycles. The van der Waals surface area contributed by atoms with Crippen LogP contribution in [0.1, 0.15) is 10.4 Å². The van der Waals surface area contributed by atoms with Crippen molar-refractivity contribution in [1.82, 2.24) is 4.98 Å². The molecule has 0 aliphatic carbocycles. The quantitative estimate of drug-likeness (QED) is 0.285. The van der Waals surface area contributed by atoms with Gasteiger partial charge >= 0.3 is 0 Å². The topological polar surface area (TPSA) is 76.1 Å². The third-order valence-electron chi connectivity index (χ3n) is 5.56. The number of aromatic nitrogens is 1. The molecule has 9 heteroatoms. The Labute approximate surface area is 210 Å². The van der Waals surface area contributed by atoms with Crippen molar-refractivity contribution in [2.75, 3.05) is 11.6 Å². The van der Waals surface area contributed by atoms with Crippen molar-refractivity contribution in [1.29, 1.82) is 0 Å². The lowest BCUT2D eigenvalue weighted by Gasteiger charge is -2.13. The van der Waals surface area contributed by atoms with E-state index in [4.69, 9.17) is 0 Å². The van der Waals surface area contributed by atoms with E-state index in [9.17, 15) is 22.0 Å². The predicted octanol–water partition coefficient (Wildman–Crippen LogP) is 6.56. The highest BCUT2D eigenvalue weighted by Crippen LogP contribution is 2.32. The first-order chi connectivity index (χ1) is 17.2. The highest BCUT2D eigenvalue weighted by atomic mass is 32.2. The number of halogens is 2. The van der Waals surface area contributed by atoms with Crippen molar-refractivity contribution in [2.24, 2.45) is 0 Å². The first-order valence-corrected chi connectivity index (χ1v) is 13.5. The fourth-order valence-corrected chi connectivity index (χ4v) is 5.39. The van der Waals surface area contributed by atoms with E-state index in [1.807, 2.05) is 30.3 Å². The van der Waals surface area contributed by atoms with E-state index < -0.39 is 27.4 Å². The molecular weight excluding hydrogens is 502 g/mol. The summed E-state index contributed by atoms with van der Waals surface area (Å²) < 4.78 is 52.7. The van der Waals surface area contributed by atoms with E-state index in [1.165, 1.54) is 35.6 Å². The Morgan fingerprint density at radius 1 is 0.861 bits per heavy atom. The lowest BCUT2D eigenvalue weighted by molar-refractivity contribution is 0.102. The Morgan fingerprint density at radius 2 is 1.67 bits per heavy atom. The molecule has 1 amide bonds. The van der Waals surface area contributed by atoms with Gasteiger partial charge in [0.1, 0.15) is 5.01 Å². The third kappa shape index (κ3) is 4.75. The predicted molar refractivity (Wildman–Crippen MR) is 138 cm³/mol. The molecule has 0 unspecified atom stereocenters. The lowest BCUT2D eigenvalue weighted by Crippen LogP contribution is -2.14. The molecule has 0 saturated heterocycles. The Kier molecular flexibility index (Phi) is 6.11. The molecule has 0 spiro atoms. The Balaban J connectivity index is 1.51. The molecular formula is C27H18F2N2O3S2. The molecule has 0 saturated carbocycles. The second-order valence-electron chi connectivity index (χ2n) is 8.13. The van der Waals surface area contributed by atoms with Crippen LogP contribution in [0.3, 0.4) is 0 Å². The number of amides is 1. The minimum absolute atomic E-state index is 0.0448. The van der Waals surface area contributed by atoms with Crippen LogP contribution in [-0.4, -0.2) is 25.6 Å². The van der Waals surface area contributed by atoms with E-state index in [0.717, 1.165) is 39.2 Å². The van der Waals surface area contributed by atoms with Crippen LogP contribution in [0.4, 0.5) is 14.5 Å². The molecule has 4 aromatic carbocycles. The Morgan fingerprint density at radius 3 is 2.42 bits per heavy atom. The van der Waals surface area contributed by atoms with Crippen LogP contribution in [0.25, 0.3) is 31.9 Å². The van der Waals surface area contributed by atoms with Gasteiger partial charge in [-0.05, 0) is 65.7 Å². The number of rotatable bonds is 5. The number of benzene rings is 4. The normalized spacial score (nSPS) is 11.5. The molecule has 5 aromatic rings. The van der Waals surface area contributed by atoms with Crippen molar-refractivity contribution in [3.63, 3.8) is 0 Å². The maximum Gasteiger partial charge on any atom is 0.256 e. The highest BCUT2D eigenvalue weighted by molar-refractivity contribution is 7.90. The maximum atomic E-state index is 14.0. The van der Waals surface area contributed by atoms with Gasteiger partial charge in [-0.25, -0.2) is 22.2 Å². The monoisotopic (exact) mass is 520 g/mol. The molecule has 0 bridgehead atoms. The molecule has 0 fully saturated rings. The van der Waals surface area contributed by atoms with Crippen LogP contribution in [0.2, 0.25) is 0 Å². The van der Waals surface area contributed by atoms with Gasteiger partial charge in [-0.15, -0.1) is 11.3 Å². The van der Waals surface area contributed by atoms with Gasteiger partial charge in [-0.1, -0.05) is 30.3 Å². The number of para-hydroxylation sites is 1. The number of hydrogen-bond donors (Lipinski definition) is 1. The van der Waals surface area contributed by atoms with Crippen molar-refractivity contribution in [2.45, 2.75) is 4.90 Å². The fraction of sp³-hybridized carbons (Fsp3) is 0.0370. The zero-order valence-electron chi connectivity index (χ0n) is 18.8. The zero-order valence-corrected chi connectivity index (χ0v) is 20.5. The van der Waals surface area contributed by atoms with Crippen molar-refractivity contribution < 1.29 is 22.0 Å². The average molecular weight is 521 g/mol. The summed E-state index contributed by atoms with van der Waals surface area (Å²) in [4.78, 5) is 17.9. The highest BCUT2D eigenvalue weighted by Gasteiger charge is 2.19. The van der Waals surface area contributed by atoms with E-state index in [-0.39, 0.29) is 21.6 Å². The summed E-state index contributed by atoms with van der Waals surface area (Å²) in [6.07, 6.45) is 1.03. The number of hydrogen-bond acceptors (Lipinski definition) is 5. The lowest BCUT2D eigenvalue weighted by atomic mass is 9.98. The molecule has 5 nitrogen and oxygen atoms in total. The van der Waals surface area contributed by atoms with Crippen molar-refractivity contribution in [3.8, 4) is 21.7 Å². The Bertz CT molecular complexity index is 1710. The number of carbonyl (C=O) groups is 1. The molecule has 180 valence electrons. The summed E-state index contributed by atoms with van der Waals surface area (Å²) in [5, 5.41) is 3.62. The number of sulfone groups is 1. The van der Waals surface area contributed by atoms with Gasteiger partial charge in [0.05, 0.1) is 15.1 Å². The second-order valence-corrected chi connectivity index (χ2v) is 11.2. The maximum absolute atomic E-state index is 14.0. The first-order valence-electron chi connectivity index (χ1n) is 10.8. The minimum Gasteiger partial charge on any atom is -0.322 e. The van der Waals surface area contributed by atoms with E-state index in [0.29, 0.717) is 5.69 Å².